The molecule has 0 aliphatic carbocycles. The van der Waals surface area contributed by atoms with Crippen LogP contribution in [0.2, 0.25) is 0 Å². The molecule has 0 bridgehead atoms. The number of nitrogens with zero attached hydrogens (tertiary/aromatic N) is 2. The molecular formula is C26H24N4O3. The Morgan fingerprint density at radius 2 is 1.76 bits per heavy atom. The molecule has 7 heteroatoms. The van der Waals surface area contributed by atoms with E-state index in [-0.39, 0.29) is 5.91 Å². The van der Waals surface area contributed by atoms with Gasteiger partial charge in [-0.1, -0.05) is 42.5 Å². The van der Waals surface area contributed by atoms with E-state index in [0.29, 0.717) is 30.4 Å². The predicted molar refractivity (Wildman–Crippen MR) is 127 cm³/mol. The van der Waals surface area contributed by atoms with Gasteiger partial charge in [0.1, 0.15) is 23.8 Å². The zero-order chi connectivity index (χ0) is 22.9. The fourth-order valence-corrected chi connectivity index (χ4v) is 3.14. The van der Waals surface area contributed by atoms with Gasteiger partial charge in [0.15, 0.2) is 0 Å². The number of para-hydroxylation sites is 1. The van der Waals surface area contributed by atoms with Gasteiger partial charge in [0.2, 0.25) is 0 Å². The Kier molecular flexibility index (Phi) is 7.12. The summed E-state index contributed by atoms with van der Waals surface area (Å²) < 4.78 is 11.4. The van der Waals surface area contributed by atoms with Crippen molar-refractivity contribution in [1.82, 2.24) is 15.6 Å². The molecule has 0 fully saturated rings. The number of hydrogen-bond donors (Lipinski definition) is 2. The van der Waals surface area contributed by atoms with Crippen LogP contribution in [0.5, 0.6) is 11.5 Å². The molecule has 0 aliphatic heterocycles. The number of aromatic nitrogens is 2. The lowest BCUT2D eigenvalue weighted by atomic mass is 10.1. The van der Waals surface area contributed by atoms with E-state index in [1.54, 1.807) is 12.3 Å². The summed E-state index contributed by atoms with van der Waals surface area (Å²) in [5, 5.41) is 11.0. The van der Waals surface area contributed by atoms with E-state index in [1.807, 2.05) is 85.8 Å². The molecule has 0 unspecified atom stereocenters. The summed E-state index contributed by atoms with van der Waals surface area (Å²) in [6.45, 7) is 2.97. The lowest BCUT2D eigenvalue weighted by Crippen LogP contribution is -2.18. The van der Waals surface area contributed by atoms with Crippen LogP contribution < -0.4 is 14.9 Å². The van der Waals surface area contributed by atoms with Crippen LogP contribution in [0.15, 0.2) is 90.0 Å². The van der Waals surface area contributed by atoms with Gasteiger partial charge in [-0.15, -0.1) is 0 Å². The van der Waals surface area contributed by atoms with Gasteiger partial charge in [-0.25, -0.2) is 5.43 Å². The first-order valence-electron chi connectivity index (χ1n) is 10.6. The van der Waals surface area contributed by atoms with Crippen LogP contribution in [0.3, 0.4) is 0 Å². The van der Waals surface area contributed by atoms with Crippen molar-refractivity contribution in [1.29, 1.82) is 0 Å². The topological polar surface area (TPSA) is 88.6 Å². The molecule has 33 heavy (non-hydrogen) atoms. The monoisotopic (exact) mass is 440 g/mol. The largest absolute Gasteiger partial charge is 0.493 e. The predicted octanol–water partition coefficient (Wildman–Crippen LogP) is 4.82. The van der Waals surface area contributed by atoms with E-state index >= 15 is 0 Å². The molecule has 4 aromatic rings. The van der Waals surface area contributed by atoms with Crippen molar-refractivity contribution < 1.29 is 14.3 Å². The summed E-state index contributed by atoms with van der Waals surface area (Å²) in [7, 11) is 0. The molecule has 0 spiro atoms. The molecule has 0 radical (unpaired) electrons. The normalized spacial score (nSPS) is 10.8. The van der Waals surface area contributed by atoms with E-state index in [0.717, 1.165) is 22.4 Å². The maximum absolute atomic E-state index is 12.4. The van der Waals surface area contributed by atoms with E-state index in [1.165, 1.54) is 0 Å². The molecule has 3 aromatic carbocycles. The molecule has 2 N–H and O–H groups in total. The summed E-state index contributed by atoms with van der Waals surface area (Å²) >= 11 is 0. The molecule has 1 heterocycles. The lowest BCUT2D eigenvalue weighted by Gasteiger charge is -2.06. The molecule has 0 saturated heterocycles. The highest BCUT2D eigenvalue weighted by Crippen LogP contribution is 2.22. The smallest absolute Gasteiger partial charge is 0.289 e. The summed E-state index contributed by atoms with van der Waals surface area (Å²) in [4.78, 5) is 12.4. The average molecular weight is 441 g/mol. The number of hydrazone groups is 1. The highest BCUT2D eigenvalue weighted by atomic mass is 16.5. The van der Waals surface area contributed by atoms with Crippen molar-refractivity contribution in [3.05, 3.63) is 102 Å². The quantitative estimate of drug-likeness (QED) is 0.289. The molecule has 0 saturated carbocycles. The third-order valence-corrected chi connectivity index (χ3v) is 4.81. The number of rotatable bonds is 9. The van der Waals surface area contributed by atoms with Crippen LogP contribution in [-0.4, -0.2) is 28.9 Å². The van der Waals surface area contributed by atoms with Crippen molar-refractivity contribution >= 4 is 12.1 Å². The first-order valence-corrected chi connectivity index (χ1v) is 10.6. The zero-order valence-corrected chi connectivity index (χ0v) is 18.2. The molecule has 166 valence electrons. The van der Waals surface area contributed by atoms with Crippen molar-refractivity contribution in [3.63, 3.8) is 0 Å². The number of carbonyl (C=O) groups is 1. The van der Waals surface area contributed by atoms with Crippen LogP contribution in [0.1, 0.15) is 28.5 Å². The second-order valence-electron chi connectivity index (χ2n) is 7.14. The minimum Gasteiger partial charge on any atom is -0.493 e. The van der Waals surface area contributed by atoms with E-state index in [4.69, 9.17) is 9.47 Å². The lowest BCUT2D eigenvalue weighted by molar-refractivity contribution is 0.0950. The van der Waals surface area contributed by atoms with Gasteiger partial charge >= 0.3 is 0 Å². The number of H-pyrrole nitrogens is 1. The number of carbonyl (C=O) groups excluding carboxylic acids is 1. The van der Waals surface area contributed by atoms with Crippen LogP contribution >= 0.6 is 0 Å². The highest BCUT2D eigenvalue weighted by molar-refractivity contribution is 5.94. The minimum atomic E-state index is -0.387. The van der Waals surface area contributed by atoms with Crippen LogP contribution in [0, 0.1) is 0 Å². The van der Waals surface area contributed by atoms with Gasteiger partial charge in [-0.3, -0.25) is 9.89 Å². The molecule has 1 aromatic heterocycles. The van der Waals surface area contributed by atoms with Crippen molar-refractivity contribution in [2.24, 2.45) is 5.10 Å². The number of amides is 1. The van der Waals surface area contributed by atoms with Crippen molar-refractivity contribution in [2.75, 3.05) is 6.61 Å². The maximum atomic E-state index is 12.4. The first-order chi connectivity index (χ1) is 16.2. The van der Waals surface area contributed by atoms with Crippen LogP contribution in [-0.2, 0) is 6.61 Å². The number of ether oxygens (including phenoxy) is 2. The Morgan fingerprint density at radius 1 is 1.00 bits per heavy atom. The second-order valence-corrected chi connectivity index (χ2v) is 7.14. The molecule has 0 aliphatic rings. The zero-order valence-electron chi connectivity index (χ0n) is 18.2. The third kappa shape index (κ3) is 5.86. The Hall–Kier alpha value is -4.39. The summed E-state index contributed by atoms with van der Waals surface area (Å²) in [6.07, 6.45) is 1.55. The highest BCUT2D eigenvalue weighted by Gasteiger charge is 2.11. The van der Waals surface area contributed by atoms with E-state index < -0.39 is 0 Å². The van der Waals surface area contributed by atoms with Gasteiger partial charge in [0, 0.05) is 11.1 Å². The Balaban J connectivity index is 1.35. The number of benzene rings is 3. The summed E-state index contributed by atoms with van der Waals surface area (Å²) in [5.74, 6) is 1.08. The second kappa shape index (κ2) is 10.8. The summed E-state index contributed by atoms with van der Waals surface area (Å²) in [5.41, 5.74) is 6.22. The molecular weight excluding hydrogens is 416 g/mol. The third-order valence-electron chi connectivity index (χ3n) is 4.81. The van der Waals surface area contributed by atoms with Crippen LogP contribution in [0.25, 0.3) is 11.3 Å². The first kappa shape index (κ1) is 21.8. The van der Waals surface area contributed by atoms with Crippen molar-refractivity contribution in [3.8, 4) is 22.8 Å². The average Bonchev–Trinajstić information content (AvgIpc) is 3.35. The molecule has 7 nitrogen and oxygen atoms in total. The summed E-state index contributed by atoms with van der Waals surface area (Å²) in [6, 6.07) is 26.7. The number of hydrogen-bond acceptors (Lipinski definition) is 5. The Labute approximate surface area is 192 Å². The van der Waals surface area contributed by atoms with Gasteiger partial charge in [0.05, 0.1) is 18.5 Å². The fourth-order valence-electron chi connectivity index (χ4n) is 3.14. The van der Waals surface area contributed by atoms with E-state index in [2.05, 4.69) is 20.7 Å². The Bertz CT molecular complexity index is 1220. The number of nitrogens with one attached hydrogen (secondary N) is 2. The Morgan fingerprint density at radius 3 is 2.55 bits per heavy atom. The standard InChI is InChI=1S/C26H24N4O3/c1-2-32-25-11-7-6-10-21(25)17-27-30-26(31)24-16-23(28-29-24)20-12-14-22(15-13-20)33-18-19-8-4-3-5-9-19/h3-17H,2,18H2,1H3,(H,28,29)(H,30,31). The minimum absolute atomic E-state index is 0.310. The van der Waals surface area contributed by atoms with Gasteiger partial charge < -0.3 is 9.47 Å². The SMILES string of the molecule is CCOc1ccccc1C=NNC(=O)c1cc(-c2ccc(OCc3ccccc3)cc2)n[nH]1. The fraction of sp³-hybridized carbons (Fsp3) is 0.115. The van der Waals surface area contributed by atoms with Gasteiger partial charge in [0.25, 0.3) is 5.91 Å². The number of aromatic amines is 1. The van der Waals surface area contributed by atoms with Crippen molar-refractivity contribution in [2.45, 2.75) is 13.5 Å². The van der Waals surface area contributed by atoms with Gasteiger partial charge in [-0.05, 0) is 55.0 Å². The van der Waals surface area contributed by atoms with Crippen LogP contribution in [0.4, 0.5) is 0 Å². The maximum Gasteiger partial charge on any atom is 0.289 e. The molecule has 1 amide bonds. The molecule has 4 rings (SSSR count). The van der Waals surface area contributed by atoms with E-state index in [9.17, 15) is 4.79 Å². The molecule has 0 atom stereocenters. The van der Waals surface area contributed by atoms with Gasteiger partial charge in [-0.2, -0.15) is 10.2 Å².